The summed E-state index contributed by atoms with van der Waals surface area (Å²) in [4.78, 5) is 26.1. The standard InChI is InChI=1S/C19H22ClFN4O3/c1-23-6-9-4-5-24(7-9)17-13(20)16-12(15(22)14(17)21)18(26)11(19(27)28)8-25(16)10-2-3-10/h8-10,23H,2-7,22H2,1H3,(H,27,28). The van der Waals surface area contributed by atoms with Crippen molar-refractivity contribution in [2.45, 2.75) is 25.3 Å². The maximum Gasteiger partial charge on any atom is 0.341 e. The van der Waals surface area contributed by atoms with Crippen LogP contribution >= 0.6 is 11.6 Å². The molecular weight excluding hydrogens is 387 g/mol. The van der Waals surface area contributed by atoms with Gasteiger partial charge in [-0.15, -0.1) is 0 Å². The number of fused-ring (bicyclic) bond motifs is 1. The topological polar surface area (TPSA) is 101 Å². The van der Waals surface area contributed by atoms with Crippen molar-refractivity contribution in [3.05, 3.63) is 32.8 Å². The Morgan fingerprint density at radius 1 is 1.43 bits per heavy atom. The van der Waals surface area contributed by atoms with E-state index in [1.165, 1.54) is 6.20 Å². The van der Waals surface area contributed by atoms with Gasteiger partial charge in [-0.25, -0.2) is 9.18 Å². The third-order valence-corrected chi connectivity index (χ3v) is 5.99. The molecule has 9 heteroatoms. The summed E-state index contributed by atoms with van der Waals surface area (Å²) < 4.78 is 16.9. The van der Waals surface area contributed by atoms with Gasteiger partial charge in [-0.1, -0.05) is 11.6 Å². The Balaban J connectivity index is 1.97. The Morgan fingerprint density at radius 3 is 2.75 bits per heavy atom. The van der Waals surface area contributed by atoms with Crippen LogP contribution in [0.5, 0.6) is 0 Å². The van der Waals surface area contributed by atoms with E-state index in [4.69, 9.17) is 17.3 Å². The zero-order valence-corrected chi connectivity index (χ0v) is 16.2. The van der Waals surface area contributed by atoms with Crippen molar-refractivity contribution in [1.82, 2.24) is 9.88 Å². The van der Waals surface area contributed by atoms with Gasteiger partial charge in [0.05, 0.1) is 27.3 Å². The van der Waals surface area contributed by atoms with Gasteiger partial charge in [-0.2, -0.15) is 0 Å². The number of halogens is 2. The Hall–Kier alpha value is -2.32. The highest BCUT2D eigenvalue weighted by Crippen LogP contribution is 2.45. The first-order valence-electron chi connectivity index (χ1n) is 9.33. The molecule has 1 saturated heterocycles. The number of pyridine rings is 1. The van der Waals surface area contributed by atoms with E-state index in [0.717, 1.165) is 25.8 Å². The van der Waals surface area contributed by atoms with Crippen LogP contribution in [0.3, 0.4) is 0 Å². The van der Waals surface area contributed by atoms with Gasteiger partial charge in [-0.3, -0.25) is 4.79 Å². The van der Waals surface area contributed by atoms with Crippen LogP contribution in [-0.2, 0) is 0 Å². The lowest BCUT2D eigenvalue weighted by atomic mass is 10.1. The van der Waals surface area contributed by atoms with Crippen molar-refractivity contribution in [2.75, 3.05) is 37.3 Å². The number of nitrogens with zero attached hydrogens (tertiary/aromatic N) is 2. The number of nitrogens with one attached hydrogen (secondary N) is 1. The highest BCUT2D eigenvalue weighted by molar-refractivity contribution is 6.38. The SMILES string of the molecule is CNCC1CCN(c2c(F)c(N)c3c(=O)c(C(=O)O)cn(C4CC4)c3c2Cl)C1. The van der Waals surface area contributed by atoms with Gasteiger partial charge in [0.2, 0.25) is 5.43 Å². The van der Waals surface area contributed by atoms with E-state index in [-0.39, 0.29) is 27.8 Å². The fourth-order valence-electron chi connectivity index (χ4n) is 4.11. The normalized spacial score (nSPS) is 19.5. The first-order valence-corrected chi connectivity index (χ1v) is 9.71. The fraction of sp³-hybridized carbons (Fsp3) is 0.474. The second-order valence-electron chi connectivity index (χ2n) is 7.59. The average Bonchev–Trinajstić information content (AvgIpc) is 3.39. The van der Waals surface area contributed by atoms with Gasteiger partial charge in [0.25, 0.3) is 0 Å². The molecule has 150 valence electrons. The van der Waals surface area contributed by atoms with Crippen LogP contribution in [0.25, 0.3) is 10.9 Å². The largest absolute Gasteiger partial charge is 0.477 e. The van der Waals surface area contributed by atoms with Gasteiger partial charge in [0.15, 0.2) is 5.82 Å². The van der Waals surface area contributed by atoms with Crippen molar-refractivity contribution < 1.29 is 14.3 Å². The molecule has 0 amide bonds. The molecule has 0 radical (unpaired) electrons. The molecule has 1 aromatic carbocycles. The molecule has 7 nitrogen and oxygen atoms in total. The van der Waals surface area contributed by atoms with Crippen molar-refractivity contribution in [3.8, 4) is 0 Å². The number of carboxylic acids is 1. The predicted molar refractivity (Wildman–Crippen MR) is 107 cm³/mol. The van der Waals surface area contributed by atoms with E-state index >= 15 is 4.39 Å². The Bertz CT molecular complexity index is 1030. The van der Waals surface area contributed by atoms with E-state index in [2.05, 4.69) is 5.32 Å². The summed E-state index contributed by atoms with van der Waals surface area (Å²) in [6.45, 7) is 2.08. The zero-order valence-electron chi connectivity index (χ0n) is 15.5. The lowest BCUT2D eigenvalue weighted by Crippen LogP contribution is -2.26. The minimum atomic E-state index is -1.37. The number of aromatic nitrogens is 1. The third kappa shape index (κ3) is 2.91. The van der Waals surface area contributed by atoms with Crippen LogP contribution in [0.15, 0.2) is 11.0 Å². The fourth-order valence-corrected chi connectivity index (χ4v) is 4.51. The number of benzene rings is 1. The van der Waals surface area contributed by atoms with Crippen molar-refractivity contribution in [2.24, 2.45) is 5.92 Å². The summed E-state index contributed by atoms with van der Waals surface area (Å²) in [6, 6.07) is 0.0343. The summed E-state index contributed by atoms with van der Waals surface area (Å²) in [5, 5.41) is 12.5. The quantitative estimate of drug-likeness (QED) is 0.657. The number of rotatable bonds is 5. The van der Waals surface area contributed by atoms with Crippen molar-refractivity contribution >= 4 is 39.8 Å². The molecule has 1 aliphatic heterocycles. The lowest BCUT2D eigenvalue weighted by Gasteiger charge is -2.24. The summed E-state index contributed by atoms with van der Waals surface area (Å²) in [7, 11) is 1.87. The van der Waals surface area contributed by atoms with Crippen LogP contribution in [0.1, 0.15) is 35.7 Å². The second-order valence-corrected chi connectivity index (χ2v) is 7.97. The lowest BCUT2D eigenvalue weighted by molar-refractivity contribution is 0.0695. The Morgan fingerprint density at radius 2 is 2.14 bits per heavy atom. The summed E-state index contributed by atoms with van der Waals surface area (Å²) >= 11 is 6.64. The maximum atomic E-state index is 15.3. The number of hydrogen-bond acceptors (Lipinski definition) is 5. The molecule has 2 fully saturated rings. The van der Waals surface area contributed by atoms with Crippen molar-refractivity contribution in [1.29, 1.82) is 0 Å². The molecule has 1 saturated carbocycles. The molecule has 4 rings (SSSR count). The van der Waals surface area contributed by atoms with Crippen LogP contribution in [-0.4, -0.2) is 42.3 Å². The average molecular weight is 409 g/mol. The first-order chi connectivity index (χ1) is 13.3. The van der Waals surface area contributed by atoms with Crippen molar-refractivity contribution in [3.63, 3.8) is 0 Å². The number of hydrogen-bond donors (Lipinski definition) is 3. The van der Waals surface area contributed by atoms with Gasteiger partial charge in [0, 0.05) is 25.3 Å². The van der Waals surface area contributed by atoms with Crippen LogP contribution < -0.4 is 21.4 Å². The minimum absolute atomic E-state index is 0.0343. The Labute approximate surface area is 165 Å². The molecule has 2 aromatic rings. The smallest absolute Gasteiger partial charge is 0.341 e. The number of nitrogens with two attached hydrogens (primary N) is 1. The van der Waals surface area contributed by atoms with E-state index in [1.54, 1.807) is 4.57 Å². The molecule has 2 heterocycles. The summed E-state index contributed by atoms with van der Waals surface area (Å²) in [6.07, 6.45) is 3.88. The minimum Gasteiger partial charge on any atom is -0.477 e. The van der Waals surface area contributed by atoms with Crippen LogP contribution in [0, 0.1) is 11.7 Å². The highest BCUT2D eigenvalue weighted by atomic mass is 35.5. The maximum absolute atomic E-state index is 15.3. The zero-order chi connectivity index (χ0) is 20.2. The molecule has 0 bridgehead atoms. The number of anilines is 2. The number of nitrogen functional groups attached to an aromatic ring is 1. The van der Waals surface area contributed by atoms with E-state index < -0.39 is 22.8 Å². The Kier molecular flexibility index (Phi) is 4.71. The number of aromatic carboxylic acids is 1. The molecule has 1 unspecified atom stereocenters. The monoisotopic (exact) mass is 408 g/mol. The third-order valence-electron chi connectivity index (χ3n) is 5.63. The second kappa shape index (κ2) is 6.93. The van der Waals surface area contributed by atoms with Crippen LogP contribution in [0.4, 0.5) is 15.8 Å². The molecule has 1 aromatic heterocycles. The first kappa shape index (κ1) is 19.0. The molecule has 0 spiro atoms. The van der Waals surface area contributed by atoms with Gasteiger partial charge in [0.1, 0.15) is 5.56 Å². The van der Waals surface area contributed by atoms with Gasteiger partial charge < -0.3 is 25.6 Å². The van der Waals surface area contributed by atoms with Crippen LogP contribution in [0.2, 0.25) is 5.02 Å². The molecule has 2 aliphatic rings. The van der Waals surface area contributed by atoms with E-state index in [0.29, 0.717) is 24.5 Å². The molecule has 28 heavy (non-hydrogen) atoms. The van der Waals surface area contributed by atoms with Gasteiger partial charge >= 0.3 is 5.97 Å². The summed E-state index contributed by atoms with van der Waals surface area (Å²) in [5.74, 6) is -1.77. The number of carbonyl (C=O) groups is 1. The molecule has 1 atom stereocenters. The molecular formula is C19H22ClFN4O3. The number of carboxylic acid groups (broad SMARTS) is 1. The van der Waals surface area contributed by atoms with Gasteiger partial charge in [-0.05, 0) is 38.8 Å². The summed E-state index contributed by atoms with van der Waals surface area (Å²) in [5.41, 5.74) is 4.98. The van der Waals surface area contributed by atoms with E-state index in [9.17, 15) is 14.7 Å². The highest BCUT2D eigenvalue weighted by Gasteiger charge is 2.33. The van der Waals surface area contributed by atoms with E-state index in [1.807, 2.05) is 11.9 Å². The molecule has 4 N–H and O–H groups in total. The predicted octanol–water partition coefficient (Wildman–Crippen LogP) is 2.46. The molecule has 1 aliphatic carbocycles.